The van der Waals surface area contributed by atoms with Crippen LogP contribution in [0.4, 0.5) is 0 Å². The second-order valence-electron chi connectivity index (χ2n) is 3.99. The minimum absolute atomic E-state index is 0.0299. The molecule has 0 atom stereocenters. The van der Waals surface area contributed by atoms with E-state index >= 15 is 0 Å². The predicted octanol–water partition coefficient (Wildman–Crippen LogP) is 1.35. The number of H-pyrrole nitrogens is 1. The summed E-state index contributed by atoms with van der Waals surface area (Å²) in [7, 11) is 0. The molecule has 0 radical (unpaired) electrons. The van der Waals surface area contributed by atoms with Gasteiger partial charge in [-0.3, -0.25) is 9.20 Å². The van der Waals surface area contributed by atoms with Gasteiger partial charge in [-0.15, -0.1) is 0 Å². The highest BCUT2D eigenvalue weighted by molar-refractivity contribution is 5.92. The standard InChI is InChI=1S/C13H11N3O3/c1-2-19-13(18)8-7-14-12-10(11(8)17)15-9-5-3-4-6-16(9)12/h3-7H,2H2,1H3,(H,14,17). The highest BCUT2D eigenvalue weighted by Crippen LogP contribution is 2.11. The molecule has 0 saturated heterocycles. The first kappa shape index (κ1) is 11.5. The highest BCUT2D eigenvalue weighted by atomic mass is 16.5. The van der Waals surface area contributed by atoms with Gasteiger partial charge >= 0.3 is 5.97 Å². The van der Waals surface area contributed by atoms with Crippen molar-refractivity contribution in [2.24, 2.45) is 0 Å². The average Bonchev–Trinajstić information content (AvgIpc) is 2.79. The topological polar surface area (TPSA) is 76.5 Å². The van der Waals surface area contributed by atoms with E-state index in [-0.39, 0.29) is 17.7 Å². The molecule has 0 amide bonds. The minimum atomic E-state index is -0.636. The van der Waals surface area contributed by atoms with E-state index in [4.69, 9.17) is 4.74 Å². The lowest BCUT2D eigenvalue weighted by atomic mass is 10.2. The number of ether oxygens (including phenoxy) is 1. The van der Waals surface area contributed by atoms with E-state index in [1.807, 2.05) is 12.1 Å². The van der Waals surface area contributed by atoms with E-state index in [0.717, 1.165) is 0 Å². The fourth-order valence-corrected chi connectivity index (χ4v) is 1.99. The Balaban J connectivity index is 2.31. The zero-order valence-corrected chi connectivity index (χ0v) is 10.2. The normalized spacial score (nSPS) is 11.0. The van der Waals surface area contributed by atoms with E-state index < -0.39 is 11.4 Å². The van der Waals surface area contributed by atoms with Crippen molar-refractivity contribution in [1.29, 1.82) is 0 Å². The molecule has 6 nitrogen and oxygen atoms in total. The van der Waals surface area contributed by atoms with Crippen LogP contribution in [0.1, 0.15) is 17.3 Å². The number of aromatic nitrogens is 3. The fourth-order valence-electron chi connectivity index (χ4n) is 1.99. The molecule has 0 unspecified atom stereocenters. The Labute approximate surface area is 107 Å². The van der Waals surface area contributed by atoms with Crippen LogP contribution in [0.3, 0.4) is 0 Å². The molecule has 0 bridgehead atoms. The SMILES string of the molecule is CCOC(=O)c1c[nH]c2c(nc3ccccn32)c1=O. The first-order valence-electron chi connectivity index (χ1n) is 5.88. The van der Waals surface area contributed by atoms with E-state index in [0.29, 0.717) is 11.3 Å². The van der Waals surface area contributed by atoms with Crippen LogP contribution in [-0.2, 0) is 4.74 Å². The smallest absolute Gasteiger partial charge is 0.343 e. The van der Waals surface area contributed by atoms with Crippen LogP contribution in [0.15, 0.2) is 35.4 Å². The predicted molar refractivity (Wildman–Crippen MR) is 69.3 cm³/mol. The Hall–Kier alpha value is -2.63. The molecule has 3 aromatic heterocycles. The molecule has 3 heterocycles. The number of pyridine rings is 2. The Morgan fingerprint density at radius 1 is 1.47 bits per heavy atom. The summed E-state index contributed by atoms with van der Waals surface area (Å²) < 4.78 is 6.59. The van der Waals surface area contributed by atoms with Crippen molar-refractivity contribution in [3.63, 3.8) is 0 Å². The summed E-state index contributed by atoms with van der Waals surface area (Å²) in [6, 6.07) is 5.46. The van der Waals surface area contributed by atoms with E-state index in [1.54, 1.807) is 23.6 Å². The second kappa shape index (κ2) is 4.24. The van der Waals surface area contributed by atoms with Crippen LogP contribution < -0.4 is 5.43 Å². The number of hydrogen-bond donors (Lipinski definition) is 1. The summed E-state index contributed by atoms with van der Waals surface area (Å²) in [5.74, 6) is -0.636. The molecule has 3 rings (SSSR count). The molecule has 19 heavy (non-hydrogen) atoms. The zero-order chi connectivity index (χ0) is 13.4. The van der Waals surface area contributed by atoms with Gasteiger partial charge in [0.2, 0.25) is 5.43 Å². The first-order valence-corrected chi connectivity index (χ1v) is 5.88. The van der Waals surface area contributed by atoms with Gasteiger partial charge in [0.15, 0.2) is 5.52 Å². The van der Waals surface area contributed by atoms with Gasteiger partial charge in [-0.05, 0) is 19.1 Å². The van der Waals surface area contributed by atoms with E-state index in [2.05, 4.69) is 9.97 Å². The third kappa shape index (κ3) is 1.69. The largest absolute Gasteiger partial charge is 0.462 e. The van der Waals surface area contributed by atoms with Crippen molar-refractivity contribution in [3.8, 4) is 0 Å². The highest BCUT2D eigenvalue weighted by Gasteiger charge is 2.16. The lowest BCUT2D eigenvalue weighted by Crippen LogP contribution is -2.18. The van der Waals surface area contributed by atoms with Gasteiger partial charge in [0, 0.05) is 12.4 Å². The van der Waals surface area contributed by atoms with Crippen LogP contribution >= 0.6 is 0 Å². The monoisotopic (exact) mass is 257 g/mol. The van der Waals surface area contributed by atoms with Gasteiger partial charge in [0.1, 0.15) is 16.9 Å². The van der Waals surface area contributed by atoms with Crippen LogP contribution in [0.25, 0.3) is 16.8 Å². The molecule has 0 spiro atoms. The lowest BCUT2D eigenvalue weighted by Gasteiger charge is -2.00. The fraction of sp³-hybridized carbons (Fsp3) is 0.154. The second-order valence-corrected chi connectivity index (χ2v) is 3.99. The molecule has 0 aliphatic rings. The molecule has 0 aromatic carbocycles. The maximum Gasteiger partial charge on any atom is 0.343 e. The molecule has 3 aromatic rings. The summed E-state index contributed by atoms with van der Waals surface area (Å²) in [5.41, 5.74) is 0.992. The van der Waals surface area contributed by atoms with Crippen LogP contribution in [0.2, 0.25) is 0 Å². The number of imidazole rings is 1. The number of aromatic amines is 1. The third-order valence-electron chi connectivity index (χ3n) is 2.84. The van der Waals surface area contributed by atoms with Gasteiger partial charge in [-0.2, -0.15) is 0 Å². The first-order chi connectivity index (χ1) is 9.22. The number of hydrogen-bond acceptors (Lipinski definition) is 4. The quantitative estimate of drug-likeness (QED) is 0.703. The average molecular weight is 257 g/mol. The molecule has 0 aliphatic carbocycles. The molecule has 96 valence electrons. The molecule has 0 aliphatic heterocycles. The Morgan fingerprint density at radius 2 is 2.32 bits per heavy atom. The molecular formula is C13H11N3O3. The number of esters is 1. The molecule has 6 heteroatoms. The number of rotatable bonds is 2. The Bertz CT molecular complexity index is 832. The minimum Gasteiger partial charge on any atom is -0.462 e. The summed E-state index contributed by atoms with van der Waals surface area (Å²) in [6.07, 6.45) is 3.16. The summed E-state index contributed by atoms with van der Waals surface area (Å²) in [5, 5.41) is 0. The molecule has 0 fully saturated rings. The summed E-state index contributed by atoms with van der Waals surface area (Å²) in [6.45, 7) is 1.91. The molecule has 0 saturated carbocycles. The van der Waals surface area contributed by atoms with Crippen LogP contribution in [0, 0.1) is 0 Å². The van der Waals surface area contributed by atoms with Crippen molar-refractivity contribution >= 4 is 22.8 Å². The van der Waals surface area contributed by atoms with Crippen molar-refractivity contribution in [2.45, 2.75) is 6.92 Å². The van der Waals surface area contributed by atoms with Gasteiger partial charge in [0.25, 0.3) is 0 Å². The summed E-state index contributed by atoms with van der Waals surface area (Å²) >= 11 is 0. The van der Waals surface area contributed by atoms with Crippen molar-refractivity contribution in [1.82, 2.24) is 14.4 Å². The Kier molecular flexibility index (Phi) is 2.56. The van der Waals surface area contributed by atoms with Crippen molar-refractivity contribution < 1.29 is 9.53 Å². The lowest BCUT2D eigenvalue weighted by molar-refractivity contribution is 0.0524. The van der Waals surface area contributed by atoms with Crippen molar-refractivity contribution in [2.75, 3.05) is 6.61 Å². The molecular weight excluding hydrogens is 246 g/mol. The Morgan fingerprint density at radius 3 is 3.11 bits per heavy atom. The van der Waals surface area contributed by atoms with Gasteiger partial charge in [-0.25, -0.2) is 9.78 Å². The number of nitrogens with one attached hydrogen (secondary N) is 1. The van der Waals surface area contributed by atoms with Crippen LogP contribution in [-0.4, -0.2) is 26.9 Å². The third-order valence-corrected chi connectivity index (χ3v) is 2.84. The zero-order valence-electron chi connectivity index (χ0n) is 10.2. The van der Waals surface area contributed by atoms with E-state index in [9.17, 15) is 9.59 Å². The van der Waals surface area contributed by atoms with Gasteiger partial charge in [0.05, 0.1) is 6.61 Å². The van der Waals surface area contributed by atoms with Gasteiger partial charge in [-0.1, -0.05) is 6.07 Å². The van der Waals surface area contributed by atoms with Crippen molar-refractivity contribution in [3.05, 3.63) is 46.4 Å². The number of nitrogens with zero attached hydrogens (tertiary/aromatic N) is 2. The van der Waals surface area contributed by atoms with Crippen LogP contribution in [0.5, 0.6) is 0 Å². The number of fused-ring (bicyclic) bond motifs is 3. The number of carbonyl (C=O) groups excluding carboxylic acids is 1. The maximum absolute atomic E-state index is 12.2. The number of carbonyl (C=O) groups is 1. The van der Waals surface area contributed by atoms with Gasteiger partial charge < -0.3 is 9.72 Å². The summed E-state index contributed by atoms with van der Waals surface area (Å²) in [4.78, 5) is 31.0. The molecule has 1 N–H and O–H groups in total. The maximum atomic E-state index is 12.2. The van der Waals surface area contributed by atoms with E-state index in [1.165, 1.54) is 6.20 Å².